The SMILES string of the molecule is CCn1c(SCC(=O)OCC(=O)c2ccccc2Cl)nnc1-c1ccco1. The first-order valence-corrected chi connectivity index (χ1v) is 9.49. The molecule has 0 saturated carbocycles. The Hall–Kier alpha value is -2.58. The molecule has 0 N–H and O–H groups in total. The molecular weight excluding hydrogens is 390 g/mol. The smallest absolute Gasteiger partial charge is 0.316 e. The summed E-state index contributed by atoms with van der Waals surface area (Å²) in [5.74, 6) is 0.323. The highest BCUT2D eigenvalue weighted by Crippen LogP contribution is 2.24. The van der Waals surface area contributed by atoms with Gasteiger partial charge in [-0.05, 0) is 31.2 Å². The second kappa shape index (κ2) is 8.88. The fourth-order valence-electron chi connectivity index (χ4n) is 2.34. The number of carbonyl (C=O) groups excluding carboxylic acids is 2. The number of ketones is 1. The van der Waals surface area contributed by atoms with Gasteiger partial charge in [-0.15, -0.1) is 10.2 Å². The second-order valence-electron chi connectivity index (χ2n) is 5.38. The van der Waals surface area contributed by atoms with Crippen LogP contribution in [0.3, 0.4) is 0 Å². The lowest BCUT2D eigenvalue weighted by Crippen LogP contribution is -2.16. The van der Waals surface area contributed by atoms with Crippen LogP contribution in [0.15, 0.2) is 52.2 Å². The molecule has 2 aromatic heterocycles. The van der Waals surface area contributed by atoms with Gasteiger partial charge in [-0.1, -0.05) is 35.5 Å². The normalized spacial score (nSPS) is 10.7. The summed E-state index contributed by atoms with van der Waals surface area (Å²) in [4.78, 5) is 24.0. The van der Waals surface area contributed by atoms with Crippen LogP contribution in [-0.4, -0.2) is 38.9 Å². The molecule has 0 aliphatic rings. The van der Waals surface area contributed by atoms with E-state index in [0.717, 1.165) is 0 Å². The molecule has 0 fully saturated rings. The molecular formula is C18H16ClN3O4S. The van der Waals surface area contributed by atoms with Crippen LogP contribution in [0.2, 0.25) is 5.02 Å². The fraction of sp³-hybridized carbons (Fsp3) is 0.222. The molecule has 0 amide bonds. The number of halogens is 1. The fourth-order valence-corrected chi connectivity index (χ4v) is 3.39. The van der Waals surface area contributed by atoms with E-state index in [1.54, 1.807) is 42.7 Å². The van der Waals surface area contributed by atoms with Gasteiger partial charge in [-0.2, -0.15) is 0 Å². The Bertz CT molecular complexity index is 940. The average Bonchev–Trinajstić information content (AvgIpc) is 3.33. The highest BCUT2D eigenvalue weighted by Gasteiger charge is 2.17. The molecule has 3 aromatic rings. The summed E-state index contributed by atoms with van der Waals surface area (Å²) >= 11 is 7.15. The molecule has 0 saturated heterocycles. The van der Waals surface area contributed by atoms with Crippen LogP contribution in [-0.2, 0) is 16.1 Å². The quantitative estimate of drug-likeness (QED) is 0.320. The predicted molar refractivity (Wildman–Crippen MR) is 101 cm³/mol. The number of rotatable bonds is 8. The van der Waals surface area contributed by atoms with Crippen LogP contribution in [0.25, 0.3) is 11.6 Å². The molecule has 0 aliphatic heterocycles. The van der Waals surface area contributed by atoms with Crippen molar-refractivity contribution in [3.8, 4) is 11.6 Å². The van der Waals surface area contributed by atoms with Crippen molar-refractivity contribution in [3.05, 3.63) is 53.2 Å². The van der Waals surface area contributed by atoms with Crippen LogP contribution < -0.4 is 0 Å². The van der Waals surface area contributed by atoms with Gasteiger partial charge in [0.1, 0.15) is 0 Å². The zero-order valence-corrected chi connectivity index (χ0v) is 16.0. The molecule has 7 nitrogen and oxygen atoms in total. The van der Waals surface area contributed by atoms with Gasteiger partial charge in [0.15, 0.2) is 23.3 Å². The van der Waals surface area contributed by atoms with Gasteiger partial charge in [0.2, 0.25) is 5.78 Å². The van der Waals surface area contributed by atoms with Crippen molar-refractivity contribution in [1.29, 1.82) is 0 Å². The summed E-state index contributed by atoms with van der Waals surface area (Å²) < 4.78 is 12.2. The van der Waals surface area contributed by atoms with E-state index < -0.39 is 5.97 Å². The molecule has 0 radical (unpaired) electrons. The number of benzene rings is 1. The molecule has 140 valence electrons. The summed E-state index contributed by atoms with van der Waals surface area (Å²) in [5.41, 5.74) is 0.327. The Morgan fingerprint density at radius 3 is 2.74 bits per heavy atom. The summed E-state index contributed by atoms with van der Waals surface area (Å²) in [5, 5.41) is 9.10. The minimum atomic E-state index is -0.523. The zero-order valence-electron chi connectivity index (χ0n) is 14.4. The molecule has 27 heavy (non-hydrogen) atoms. The minimum Gasteiger partial charge on any atom is -0.461 e. The Kier molecular flexibility index (Phi) is 6.31. The number of esters is 1. The zero-order chi connectivity index (χ0) is 19.2. The van der Waals surface area contributed by atoms with E-state index in [1.165, 1.54) is 11.8 Å². The van der Waals surface area contributed by atoms with E-state index in [9.17, 15) is 9.59 Å². The van der Waals surface area contributed by atoms with Crippen molar-refractivity contribution in [2.75, 3.05) is 12.4 Å². The van der Waals surface area contributed by atoms with Gasteiger partial charge in [-0.3, -0.25) is 14.2 Å². The van der Waals surface area contributed by atoms with E-state index in [4.69, 9.17) is 20.8 Å². The number of hydrogen-bond acceptors (Lipinski definition) is 7. The number of hydrogen-bond donors (Lipinski definition) is 0. The third-order valence-corrected chi connectivity index (χ3v) is 4.90. The van der Waals surface area contributed by atoms with E-state index in [0.29, 0.717) is 33.9 Å². The van der Waals surface area contributed by atoms with Crippen LogP contribution >= 0.6 is 23.4 Å². The molecule has 2 heterocycles. The largest absolute Gasteiger partial charge is 0.461 e. The van der Waals surface area contributed by atoms with Crippen LogP contribution in [0.1, 0.15) is 17.3 Å². The number of aromatic nitrogens is 3. The Balaban J connectivity index is 1.55. The van der Waals surface area contributed by atoms with E-state index >= 15 is 0 Å². The number of Topliss-reactive ketones (excluding diaryl/α,β-unsaturated/α-hetero) is 1. The number of carbonyl (C=O) groups is 2. The number of furan rings is 1. The van der Waals surface area contributed by atoms with Gasteiger partial charge in [-0.25, -0.2) is 0 Å². The lowest BCUT2D eigenvalue weighted by atomic mass is 10.1. The Labute approximate surface area is 164 Å². The van der Waals surface area contributed by atoms with Crippen molar-refractivity contribution < 1.29 is 18.7 Å². The molecule has 9 heteroatoms. The van der Waals surface area contributed by atoms with E-state index in [1.807, 2.05) is 11.5 Å². The summed E-state index contributed by atoms with van der Waals surface area (Å²) in [6.45, 7) is 2.20. The number of nitrogens with zero attached hydrogens (tertiary/aromatic N) is 3. The molecule has 0 aliphatic carbocycles. The number of thioether (sulfide) groups is 1. The lowest BCUT2D eigenvalue weighted by Gasteiger charge is -2.07. The minimum absolute atomic E-state index is 0.00604. The van der Waals surface area contributed by atoms with Crippen molar-refractivity contribution in [2.24, 2.45) is 0 Å². The summed E-state index contributed by atoms with van der Waals surface area (Å²) in [6.07, 6.45) is 1.56. The van der Waals surface area contributed by atoms with Gasteiger partial charge in [0.05, 0.1) is 17.0 Å². The van der Waals surface area contributed by atoms with Gasteiger partial charge in [0.25, 0.3) is 0 Å². The predicted octanol–water partition coefficient (Wildman–Crippen LogP) is 3.73. The first-order valence-electron chi connectivity index (χ1n) is 8.13. The average molecular weight is 406 g/mol. The van der Waals surface area contributed by atoms with Crippen LogP contribution in [0.4, 0.5) is 0 Å². The molecule has 0 spiro atoms. The molecule has 0 atom stereocenters. The topological polar surface area (TPSA) is 87.2 Å². The third-order valence-electron chi connectivity index (χ3n) is 3.63. The van der Waals surface area contributed by atoms with Crippen molar-refractivity contribution in [2.45, 2.75) is 18.6 Å². The maximum absolute atomic E-state index is 12.1. The monoisotopic (exact) mass is 405 g/mol. The lowest BCUT2D eigenvalue weighted by molar-refractivity contribution is -0.139. The first kappa shape index (κ1) is 19.2. The van der Waals surface area contributed by atoms with Gasteiger partial charge < -0.3 is 9.15 Å². The van der Waals surface area contributed by atoms with Gasteiger partial charge >= 0.3 is 5.97 Å². The second-order valence-corrected chi connectivity index (χ2v) is 6.73. The highest BCUT2D eigenvalue weighted by molar-refractivity contribution is 7.99. The van der Waals surface area contributed by atoms with Crippen molar-refractivity contribution >= 4 is 35.1 Å². The highest BCUT2D eigenvalue weighted by atomic mass is 35.5. The Morgan fingerprint density at radius 1 is 1.22 bits per heavy atom. The van der Waals surface area contributed by atoms with Crippen molar-refractivity contribution in [3.63, 3.8) is 0 Å². The molecule has 0 unspecified atom stereocenters. The van der Waals surface area contributed by atoms with E-state index in [-0.39, 0.29) is 18.1 Å². The molecule has 1 aromatic carbocycles. The van der Waals surface area contributed by atoms with Crippen LogP contribution in [0, 0.1) is 0 Å². The van der Waals surface area contributed by atoms with Crippen molar-refractivity contribution in [1.82, 2.24) is 14.8 Å². The van der Waals surface area contributed by atoms with Gasteiger partial charge in [0, 0.05) is 12.1 Å². The maximum Gasteiger partial charge on any atom is 0.316 e. The summed E-state index contributed by atoms with van der Waals surface area (Å²) in [7, 11) is 0. The molecule has 0 bridgehead atoms. The van der Waals surface area contributed by atoms with Crippen LogP contribution in [0.5, 0.6) is 0 Å². The third kappa shape index (κ3) is 4.58. The number of ether oxygens (including phenoxy) is 1. The first-order chi connectivity index (χ1) is 13.1. The Morgan fingerprint density at radius 2 is 2.04 bits per heavy atom. The molecule has 3 rings (SSSR count). The maximum atomic E-state index is 12.1. The standard InChI is InChI=1S/C18H16ClN3O4S/c1-2-22-17(15-8-5-9-25-15)20-21-18(22)27-11-16(24)26-10-14(23)12-6-3-4-7-13(12)19/h3-9H,2,10-11H2,1H3. The summed E-state index contributed by atoms with van der Waals surface area (Å²) in [6, 6.07) is 10.2. The van der Waals surface area contributed by atoms with E-state index in [2.05, 4.69) is 10.2 Å².